The highest BCUT2D eigenvalue weighted by Crippen LogP contribution is 2.44. The Morgan fingerprint density at radius 2 is 1.55 bits per heavy atom. The molecule has 0 radical (unpaired) electrons. The fourth-order valence-corrected chi connectivity index (χ4v) is 3.69. The monoisotopic (exact) mass is 432 g/mol. The largest absolute Gasteiger partial charge is 0.507 e. The van der Waals surface area contributed by atoms with Crippen molar-refractivity contribution >= 4 is 11.0 Å². The van der Waals surface area contributed by atoms with Crippen LogP contribution in [0.3, 0.4) is 0 Å². The number of hydrogen-bond donors (Lipinski definition) is 7. The van der Waals surface area contributed by atoms with Crippen molar-refractivity contribution in [3.8, 4) is 34.3 Å². The topological polar surface area (TPSA) is 181 Å². The van der Waals surface area contributed by atoms with E-state index in [1.54, 1.807) is 0 Å². The van der Waals surface area contributed by atoms with Crippen molar-refractivity contribution in [1.29, 1.82) is 0 Å². The van der Waals surface area contributed by atoms with Crippen LogP contribution in [0.25, 0.3) is 22.3 Å². The van der Waals surface area contributed by atoms with Gasteiger partial charge in [0.25, 0.3) is 0 Å². The molecule has 4 rings (SSSR count). The summed E-state index contributed by atoms with van der Waals surface area (Å²) in [7, 11) is 0. The van der Waals surface area contributed by atoms with E-state index in [4.69, 9.17) is 9.15 Å². The number of aliphatic hydroxyl groups is 3. The average molecular weight is 432 g/mol. The SMILES string of the molecule is C[C@H]1O[C@H](c2c(O)cc3oc(-c4ccc(O)c(O)c4)cc(=O)c3c2O)[C@H](O)[C@@H](O)[C@@H]1O. The van der Waals surface area contributed by atoms with Crippen LogP contribution in [0.5, 0.6) is 23.0 Å². The lowest BCUT2D eigenvalue weighted by Gasteiger charge is -2.39. The van der Waals surface area contributed by atoms with Crippen LogP contribution in [0.4, 0.5) is 0 Å². The number of rotatable bonds is 2. The third-order valence-electron chi connectivity index (χ3n) is 5.41. The third kappa shape index (κ3) is 3.35. The van der Waals surface area contributed by atoms with E-state index in [0.29, 0.717) is 0 Å². The van der Waals surface area contributed by atoms with Crippen molar-refractivity contribution in [3.63, 3.8) is 0 Å². The Kier molecular flexibility index (Phi) is 5.02. The molecule has 10 nitrogen and oxygen atoms in total. The number of phenols is 4. The van der Waals surface area contributed by atoms with Gasteiger partial charge in [-0.2, -0.15) is 0 Å². The standard InChI is InChI=1S/C21H20O10/c1-7-17(26)19(28)20(29)21(30-7)16-12(25)6-14-15(18(16)27)11(24)5-13(31-14)8-2-3-9(22)10(23)4-8/h2-7,17,19-23,25-29H,1H3/t7-,17-,19+,20-,21-/m1/s1. The molecule has 1 saturated heterocycles. The highest BCUT2D eigenvalue weighted by Gasteiger charge is 2.44. The highest BCUT2D eigenvalue weighted by molar-refractivity contribution is 5.88. The fourth-order valence-electron chi connectivity index (χ4n) is 3.69. The number of fused-ring (bicyclic) bond motifs is 1. The Balaban J connectivity index is 1.87. The minimum Gasteiger partial charge on any atom is -0.507 e. The molecule has 0 amide bonds. The Morgan fingerprint density at radius 3 is 2.23 bits per heavy atom. The summed E-state index contributed by atoms with van der Waals surface area (Å²) in [5, 5.41) is 70.3. The molecule has 164 valence electrons. The van der Waals surface area contributed by atoms with Crippen LogP contribution >= 0.6 is 0 Å². The summed E-state index contributed by atoms with van der Waals surface area (Å²) in [6.07, 6.45) is -7.04. The second kappa shape index (κ2) is 7.43. The maximum atomic E-state index is 12.7. The van der Waals surface area contributed by atoms with Gasteiger partial charge in [-0.3, -0.25) is 4.79 Å². The molecule has 10 heteroatoms. The molecule has 31 heavy (non-hydrogen) atoms. The minimum atomic E-state index is -1.69. The van der Waals surface area contributed by atoms with E-state index in [1.807, 2.05) is 0 Å². The zero-order valence-corrected chi connectivity index (χ0v) is 16.1. The van der Waals surface area contributed by atoms with Gasteiger partial charge >= 0.3 is 0 Å². The first-order valence-electron chi connectivity index (χ1n) is 9.34. The molecule has 2 aromatic carbocycles. The summed E-state index contributed by atoms with van der Waals surface area (Å²) >= 11 is 0. The van der Waals surface area contributed by atoms with Crippen LogP contribution in [0.2, 0.25) is 0 Å². The zero-order valence-electron chi connectivity index (χ0n) is 16.1. The molecule has 3 aromatic rings. The molecule has 5 atom stereocenters. The number of aliphatic hydroxyl groups excluding tert-OH is 3. The summed E-state index contributed by atoms with van der Waals surface area (Å²) in [6, 6.07) is 5.87. The highest BCUT2D eigenvalue weighted by atomic mass is 16.5. The van der Waals surface area contributed by atoms with Gasteiger partial charge in [0.05, 0.1) is 11.7 Å². The van der Waals surface area contributed by atoms with Gasteiger partial charge in [0, 0.05) is 17.7 Å². The van der Waals surface area contributed by atoms with Crippen LogP contribution in [0.15, 0.2) is 39.5 Å². The third-order valence-corrected chi connectivity index (χ3v) is 5.41. The Hall–Kier alpha value is -3.31. The Bertz CT molecular complexity index is 1220. The summed E-state index contributed by atoms with van der Waals surface area (Å²) < 4.78 is 11.1. The van der Waals surface area contributed by atoms with Gasteiger partial charge in [-0.15, -0.1) is 0 Å². The first kappa shape index (κ1) is 20.9. The van der Waals surface area contributed by atoms with Crippen LogP contribution in [0, 0.1) is 0 Å². The van der Waals surface area contributed by atoms with Gasteiger partial charge in [-0.05, 0) is 25.1 Å². The second-order valence-electron chi connectivity index (χ2n) is 7.44. The molecule has 0 aliphatic carbocycles. The van der Waals surface area contributed by atoms with Gasteiger partial charge < -0.3 is 44.9 Å². The molecule has 2 heterocycles. The van der Waals surface area contributed by atoms with Gasteiger partial charge in [0.2, 0.25) is 0 Å². The van der Waals surface area contributed by atoms with E-state index in [0.717, 1.165) is 12.1 Å². The summed E-state index contributed by atoms with van der Waals surface area (Å²) in [5.41, 5.74) is -0.955. The quantitative estimate of drug-likeness (QED) is 0.286. The van der Waals surface area contributed by atoms with Gasteiger partial charge in [0.15, 0.2) is 16.9 Å². The number of ether oxygens (including phenoxy) is 1. The molecule has 7 N–H and O–H groups in total. The predicted octanol–water partition coefficient (Wildman–Crippen LogP) is 0.825. The molecule has 1 aliphatic heterocycles. The molecule has 1 fully saturated rings. The maximum absolute atomic E-state index is 12.7. The van der Waals surface area contributed by atoms with Crippen LogP contribution in [0.1, 0.15) is 18.6 Å². The number of phenolic OH excluding ortho intramolecular Hbond substituents is 4. The first-order valence-corrected chi connectivity index (χ1v) is 9.34. The molecule has 0 bridgehead atoms. The number of hydrogen-bond acceptors (Lipinski definition) is 10. The molecule has 1 aliphatic rings. The van der Waals surface area contributed by atoms with E-state index in [2.05, 4.69) is 0 Å². The molecule has 0 spiro atoms. The van der Waals surface area contributed by atoms with Crippen LogP contribution < -0.4 is 5.43 Å². The van der Waals surface area contributed by atoms with Crippen molar-refractivity contribution in [2.45, 2.75) is 37.4 Å². The lowest BCUT2D eigenvalue weighted by Crippen LogP contribution is -2.53. The van der Waals surface area contributed by atoms with E-state index >= 15 is 0 Å². The molecule has 1 aromatic heterocycles. The number of aromatic hydroxyl groups is 4. The second-order valence-corrected chi connectivity index (χ2v) is 7.44. The zero-order chi connectivity index (χ0) is 22.6. The summed E-state index contributed by atoms with van der Waals surface area (Å²) in [5.74, 6) is -2.07. The van der Waals surface area contributed by atoms with Gasteiger partial charge in [0.1, 0.15) is 52.6 Å². The lowest BCUT2D eigenvalue weighted by molar-refractivity contribution is -0.220. The smallest absolute Gasteiger partial charge is 0.197 e. The van der Waals surface area contributed by atoms with Crippen LogP contribution in [-0.4, -0.2) is 60.2 Å². The van der Waals surface area contributed by atoms with E-state index in [-0.39, 0.29) is 33.6 Å². The van der Waals surface area contributed by atoms with E-state index in [1.165, 1.54) is 25.1 Å². The minimum absolute atomic E-state index is 0.000433. The summed E-state index contributed by atoms with van der Waals surface area (Å²) in [6.45, 7) is 1.44. The average Bonchev–Trinajstić information content (AvgIpc) is 2.71. The van der Waals surface area contributed by atoms with E-state index < -0.39 is 53.2 Å². The lowest BCUT2D eigenvalue weighted by atomic mass is 9.90. The van der Waals surface area contributed by atoms with Crippen molar-refractivity contribution in [2.75, 3.05) is 0 Å². The fraction of sp³-hybridized carbons (Fsp3) is 0.286. The number of benzene rings is 2. The van der Waals surface area contributed by atoms with Crippen molar-refractivity contribution in [1.82, 2.24) is 0 Å². The van der Waals surface area contributed by atoms with Gasteiger partial charge in [-0.25, -0.2) is 0 Å². The van der Waals surface area contributed by atoms with Crippen molar-refractivity contribution in [3.05, 3.63) is 46.1 Å². The molecular weight excluding hydrogens is 412 g/mol. The molecular formula is C21H20O10. The van der Waals surface area contributed by atoms with Crippen molar-refractivity contribution in [2.24, 2.45) is 0 Å². The Morgan fingerprint density at radius 1 is 0.839 bits per heavy atom. The van der Waals surface area contributed by atoms with Gasteiger partial charge in [-0.1, -0.05) is 0 Å². The summed E-state index contributed by atoms with van der Waals surface area (Å²) in [4.78, 5) is 12.7. The Labute approximate surface area is 174 Å². The normalized spacial score (nSPS) is 26.3. The van der Waals surface area contributed by atoms with Crippen LogP contribution in [-0.2, 0) is 4.74 Å². The van der Waals surface area contributed by atoms with E-state index in [9.17, 15) is 40.5 Å². The maximum Gasteiger partial charge on any atom is 0.197 e. The first-order chi connectivity index (χ1) is 14.6. The molecule has 0 unspecified atom stereocenters. The van der Waals surface area contributed by atoms with Crippen molar-refractivity contribution < 1.29 is 44.9 Å². The predicted molar refractivity (Wildman–Crippen MR) is 106 cm³/mol. The molecule has 0 saturated carbocycles.